The molecule has 0 saturated heterocycles. The summed E-state index contributed by atoms with van der Waals surface area (Å²) in [5.41, 5.74) is 9.16. The number of benzene rings is 1. The molecule has 1 rings (SSSR count). The van der Waals surface area contributed by atoms with Crippen molar-refractivity contribution in [3.8, 4) is 0 Å². The van der Waals surface area contributed by atoms with Crippen LogP contribution in [0.5, 0.6) is 0 Å². The van der Waals surface area contributed by atoms with E-state index in [-0.39, 0.29) is 12.0 Å². The maximum Gasteiger partial charge on any atom is 0.305 e. The summed E-state index contributed by atoms with van der Waals surface area (Å²) in [5, 5.41) is 0. The number of hydrogen-bond acceptors (Lipinski definition) is 3. The third-order valence-corrected chi connectivity index (χ3v) is 4.17. The van der Waals surface area contributed by atoms with Crippen LogP contribution >= 0.6 is 0 Å². The van der Waals surface area contributed by atoms with Crippen molar-refractivity contribution in [3.63, 3.8) is 0 Å². The molecule has 0 aliphatic rings. The predicted molar refractivity (Wildman–Crippen MR) is 96.2 cm³/mol. The topological polar surface area (TPSA) is 52.3 Å². The Morgan fingerprint density at radius 3 is 2.35 bits per heavy atom. The molecule has 1 aromatic rings. The number of hydrogen-bond donors (Lipinski definition) is 1. The van der Waals surface area contributed by atoms with Gasteiger partial charge < -0.3 is 10.5 Å². The second-order valence-corrected chi connectivity index (χ2v) is 7.58. The lowest BCUT2D eigenvalue weighted by molar-refractivity contribution is -0.140. The van der Waals surface area contributed by atoms with Crippen molar-refractivity contribution < 1.29 is 9.53 Å². The van der Waals surface area contributed by atoms with E-state index in [1.165, 1.54) is 37.5 Å². The van der Waals surface area contributed by atoms with Gasteiger partial charge in [-0.15, -0.1) is 0 Å². The lowest BCUT2D eigenvalue weighted by Gasteiger charge is -2.18. The largest absolute Gasteiger partial charge is 0.469 e. The van der Waals surface area contributed by atoms with Crippen LogP contribution in [0.25, 0.3) is 0 Å². The van der Waals surface area contributed by atoms with Crippen LogP contribution in [0.4, 0.5) is 0 Å². The molecule has 0 fully saturated rings. The van der Waals surface area contributed by atoms with Gasteiger partial charge in [-0.3, -0.25) is 4.79 Å². The van der Waals surface area contributed by atoms with Gasteiger partial charge in [-0.2, -0.15) is 0 Å². The van der Waals surface area contributed by atoms with Crippen molar-refractivity contribution in [2.75, 3.05) is 7.11 Å². The Bertz CT molecular complexity index is 460. The number of unbranched alkanes of at least 4 members (excludes halogenated alkanes) is 1. The Labute approximate surface area is 141 Å². The first-order valence-electron chi connectivity index (χ1n) is 8.73. The monoisotopic (exact) mass is 319 g/mol. The Morgan fingerprint density at radius 1 is 1.13 bits per heavy atom. The quantitative estimate of drug-likeness (QED) is 0.526. The first kappa shape index (κ1) is 19.7. The van der Waals surface area contributed by atoms with Crippen molar-refractivity contribution in [1.82, 2.24) is 0 Å². The molecule has 3 nitrogen and oxygen atoms in total. The van der Waals surface area contributed by atoms with Gasteiger partial charge in [0.05, 0.1) is 7.11 Å². The van der Waals surface area contributed by atoms with E-state index in [0.717, 1.165) is 19.3 Å². The number of aryl methyl sites for hydroxylation is 1. The zero-order valence-corrected chi connectivity index (χ0v) is 15.2. The number of rotatable bonds is 9. The highest BCUT2D eigenvalue weighted by molar-refractivity contribution is 5.69. The highest BCUT2D eigenvalue weighted by atomic mass is 16.5. The zero-order valence-electron chi connectivity index (χ0n) is 15.2. The molecule has 0 heterocycles. The van der Waals surface area contributed by atoms with Gasteiger partial charge in [-0.1, -0.05) is 57.9 Å². The average molecular weight is 319 g/mol. The van der Waals surface area contributed by atoms with Gasteiger partial charge in [-0.25, -0.2) is 0 Å². The molecule has 0 aliphatic heterocycles. The molecule has 3 heteroatoms. The SMILES string of the molecule is COC(=O)CCCc1ccc(C(N)CCCCC(C)(C)C)cc1. The number of carbonyl (C=O) groups is 1. The summed E-state index contributed by atoms with van der Waals surface area (Å²) >= 11 is 0. The molecule has 1 aromatic carbocycles. The summed E-state index contributed by atoms with van der Waals surface area (Å²) in [6.07, 6.45) is 6.91. The molecule has 0 amide bonds. The summed E-state index contributed by atoms with van der Waals surface area (Å²) in [6.45, 7) is 6.85. The summed E-state index contributed by atoms with van der Waals surface area (Å²) in [6, 6.07) is 8.63. The minimum atomic E-state index is -0.140. The second-order valence-electron chi connectivity index (χ2n) is 7.58. The first-order chi connectivity index (χ1) is 10.8. The zero-order chi connectivity index (χ0) is 17.3. The van der Waals surface area contributed by atoms with Crippen LogP contribution in [-0.4, -0.2) is 13.1 Å². The van der Waals surface area contributed by atoms with Crippen molar-refractivity contribution in [3.05, 3.63) is 35.4 Å². The van der Waals surface area contributed by atoms with E-state index >= 15 is 0 Å². The molecule has 0 spiro atoms. The Morgan fingerprint density at radius 2 is 1.78 bits per heavy atom. The van der Waals surface area contributed by atoms with Crippen LogP contribution in [0, 0.1) is 5.41 Å². The van der Waals surface area contributed by atoms with E-state index < -0.39 is 0 Å². The molecule has 23 heavy (non-hydrogen) atoms. The van der Waals surface area contributed by atoms with Crippen molar-refractivity contribution in [1.29, 1.82) is 0 Å². The van der Waals surface area contributed by atoms with E-state index in [9.17, 15) is 4.79 Å². The van der Waals surface area contributed by atoms with Crippen LogP contribution in [0.2, 0.25) is 0 Å². The highest BCUT2D eigenvalue weighted by Gasteiger charge is 2.11. The Kier molecular flexibility index (Phi) is 8.32. The molecule has 130 valence electrons. The van der Waals surface area contributed by atoms with Gasteiger partial charge in [0.2, 0.25) is 0 Å². The minimum Gasteiger partial charge on any atom is -0.469 e. The fourth-order valence-electron chi connectivity index (χ4n) is 2.66. The van der Waals surface area contributed by atoms with Gasteiger partial charge in [0.25, 0.3) is 0 Å². The third kappa shape index (κ3) is 8.75. The number of carbonyl (C=O) groups excluding carboxylic acids is 1. The van der Waals surface area contributed by atoms with Gasteiger partial charge in [0.1, 0.15) is 0 Å². The molecule has 0 aromatic heterocycles. The van der Waals surface area contributed by atoms with Crippen molar-refractivity contribution in [2.45, 2.75) is 71.8 Å². The van der Waals surface area contributed by atoms with Crippen molar-refractivity contribution >= 4 is 5.97 Å². The Hall–Kier alpha value is -1.35. The fraction of sp³-hybridized carbons (Fsp3) is 0.650. The minimum absolute atomic E-state index is 0.124. The summed E-state index contributed by atoms with van der Waals surface area (Å²) in [7, 11) is 1.43. The number of nitrogens with two attached hydrogens (primary N) is 1. The maximum absolute atomic E-state index is 11.1. The van der Waals surface area contributed by atoms with E-state index in [1.807, 2.05) is 0 Å². The number of ether oxygens (including phenoxy) is 1. The van der Waals surface area contributed by atoms with Crippen molar-refractivity contribution in [2.24, 2.45) is 11.1 Å². The van der Waals surface area contributed by atoms with Crippen LogP contribution < -0.4 is 5.73 Å². The lowest BCUT2D eigenvalue weighted by atomic mass is 9.88. The fourth-order valence-corrected chi connectivity index (χ4v) is 2.66. The molecule has 0 bridgehead atoms. The van der Waals surface area contributed by atoms with E-state index in [0.29, 0.717) is 11.8 Å². The molecule has 1 atom stereocenters. The molecule has 0 saturated carbocycles. The molecule has 0 radical (unpaired) electrons. The van der Waals surface area contributed by atoms with Crippen LogP contribution in [0.1, 0.15) is 76.5 Å². The van der Waals surface area contributed by atoms with Crippen LogP contribution in [-0.2, 0) is 16.0 Å². The maximum atomic E-state index is 11.1. The van der Waals surface area contributed by atoms with E-state index in [2.05, 4.69) is 49.8 Å². The van der Waals surface area contributed by atoms with Crippen LogP contribution in [0.3, 0.4) is 0 Å². The number of esters is 1. The van der Waals surface area contributed by atoms with Gasteiger partial charge in [-0.05, 0) is 42.2 Å². The standard InChI is InChI=1S/C20H33NO2/c1-20(2,3)15-6-5-9-18(21)17-13-11-16(12-14-17)8-7-10-19(22)23-4/h11-14,18H,5-10,15,21H2,1-4H3. The van der Waals surface area contributed by atoms with Gasteiger partial charge in [0.15, 0.2) is 0 Å². The van der Waals surface area contributed by atoms with Gasteiger partial charge in [0, 0.05) is 12.5 Å². The Balaban J connectivity index is 2.33. The first-order valence-corrected chi connectivity index (χ1v) is 8.73. The highest BCUT2D eigenvalue weighted by Crippen LogP contribution is 2.24. The molecule has 0 aliphatic carbocycles. The normalized spacial score (nSPS) is 12.9. The molecule has 1 unspecified atom stereocenters. The average Bonchev–Trinajstić information content (AvgIpc) is 2.51. The summed E-state index contributed by atoms with van der Waals surface area (Å²) < 4.78 is 4.65. The van der Waals surface area contributed by atoms with Crippen LogP contribution in [0.15, 0.2) is 24.3 Å². The third-order valence-electron chi connectivity index (χ3n) is 4.17. The smallest absolute Gasteiger partial charge is 0.305 e. The molecule has 2 N–H and O–H groups in total. The van der Waals surface area contributed by atoms with E-state index in [4.69, 9.17) is 5.73 Å². The predicted octanol–water partition coefficient (Wildman–Crippen LogP) is 4.79. The second kappa shape index (κ2) is 9.71. The van der Waals surface area contributed by atoms with E-state index in [1.54, 1.807) is 0 Å². The van der Waals surface area contributed by atoms with Gasteiger partial charge >= 0.3 is 5.97 Å². The number of methoxy groups -OCH3 is 1. The molecular weight excluding hydrogens is 286 g/mol. The molecular formula is C20H33NO2. The summed E-state index contributed by atoms with van der Waals surface area (Å²) in [5.74, 6) is -0.140. The summed E-state index contributed by atoms with van der Waals surface area (Å²) in [4.78, 5) is 11.1. The lowest BCUT2D eigenvalue weighted by Crippen LogP contribution is -2.11.